The Bertz CT molecular complexity index is 487. The molecule has 0 fully saturated rings. The molecule has 14 heavy (non-hydrogen) atoms. The Morgan fingerprint density at radius 3 is 2.79 bits per heavy atom. The van der Waals surface area contributed by atoms with Gasteiger partial charge in [-0.3, -0.25) is 4.98 Å². The summed E-state index contributed by atoms with van der Waals surface area (Å²) in [5, 5.41) is 1.16. The number of pyridine rings is 1. The Labute approximate surface area is 99.1 Å². The molecule has 2 aromatic rings. The number of benzene rings is 1. The van der Waals surface area contributed by atoms with Gasteiger partial charge in [0, 0.05) is 11.6 Å². The predicted octanol–water partition coefficient (Wildman–Crippen LogP) is 4.32. The highest BCUT2D eigenvalue weighted by atomic mass is 79.9. The average molecular weight is 313 g/mol. The average Bonchev–Trinajstić information content (AvgIpc) is 2.17. The summed E-state index contributed by atoms with van der Waals surface area (Å²) in [6.45, 7) is 0. The summed E-state index contributed by atoms with van der Waals surface area (Å²) in [6, 6.07) is 10.2. The Morgan fingerprint density at radius 2 is 2.00 bits per heavy atom. The van der Waals surface area contributed by atoms with Gasteiger partial charge in [-0.05, 0) is 55.6 Å². The summed E-state index contributed by atoms with van der Waals surface area (Å²) < 4.78 is 0.919. The van der Waals surface area contributed by atoms with Gasteiger partial charge < -0.3 is 0 Å². The molecule has 3 heteroatoms. The summed E-state index contributed by atoms with van der Waals surface area (Å²) in [5.41, 5.74) is 2.10. The molecule has 0 spiro atoms. The Hall–Kier alpha value is -0.670. The lowest BCUT2D eigenvalue weighted by molar-refractivity contribution is 1.40. The van der Waals surface area contributed by atoms with Gasteiger partial charge in [-0.2, -0.15) is 0 Å². The normalized spacial score (nSPS) is 10.1. The molecular formula is C11H7Br2N. The summed E-state index contributed by atoms with van der Waals surface area (Å²) in [5.74, 6) is 0. The van der Waals surface area contributed by atoms with Crippen molar-refractivity contribution >= 4 is 48.8 Å². The minimum Gasteiger partial charge on any atom is -0.256 e. The van der Waals surface area contributed by atoms with E-state index in [0.29, 0.717) is 0 Å². The van der Waals surface area contributed by atoms with Crippen molar-refractivity contribution < 1.29 is 0 Å². The standard InChI is InChI=1S/C11H7Br2N/c12-11(13)6-8-5-9-3-1-2-4-10(9)14-7-8/h1-7H. The van der Waals surface area contributed by atoms with Crippen LogP contribution in [0.25, 0.3) is 17.0 Å². The zero-order valence-electron chi connectivity index (χ0n) is 7.24. The Morgan fingerprint density at radius 1 is 1.21 bits per heavy atom. The first-order chi connectivity index (χ1) is 6.75. The smallest absolute Gasteiger partial charge is 0.0702 e. The van der Waals surface area contributed by atoms with Gasteiger partial charge in [-0.15, -0.1) is 0 Å². The van der Waals surface area contributed by atoms with Crippen molar-refractivity contribution in [2.24, 2.45) is 0 Å². The molecule has 1 heterocycles. The van der Waals surface area contributed by atoms with E-state index in [4.69, 9.17) is 0 Å². The van der Waals surface area contributed by atoms with Crippen LogP contribution in [0.2, 0.25) is 0 Å². The molecule has 2 rings (SSSR count). The van der Waals surface area contributed by atoms with Crippen molar-refractivity contribution in [2.75, 3.05) is 0 Å². The van der Waals surface area contributed by atoms with E-state index < -0.39 is 0 Å². The first-order valence-electron chi connectivity index (χ1n) is 4.13. The molecule has 70 valence electrons. The highest BCUT2D eigenvalue weighted by Gasteiger charge is 1.94. The van der Waals surface area contributed by atoms with Gasteiger partial charge in [0.1, 0.15) is 0 Å². The van der Waals surface area contributed by atoms with Gasteiger partial charge in [-0.1, -0.05) is 18.2 Å². The topological polar surface area (TPSA) is 12.9 Å². The van der Waals surface area contributed by atoms with Crippen LogP contribution >= 0.6 is 31.9 Å². The summed E-state index contributed by atoms with van der Waals surface area (Å²) in [4.78, 5) is 4.35. The summed E-state index contributed by atoms with van der Waals surface area (Å²) >= 11 is 6.65. The van der Waals surface area contributed by atoms with Gasteiger partial charge in [-0.25, -0.2) is 0 Å². The van der Waals surface area contributed by atoms with Crippen LogP contribution in [0.3, 0.4) is 0 Å². The molecule has 0 atom stereocenters. The quantitative estimate of drug-likeness (QED) is 0.764. The molecule has 1 nitrogen and oxygen atoms in total. The molecule has 0 aliphatic rings. The largest absolute Gasteiger partial charge is 0.256 e. The van der Waals surface area contributed by atoms with Crippen LogP contribution in [-0.4, -0.2) is 4.98 Å². The third kappa shape index (κ3) is 2.22. The van der Waals surface area contributed by atoms with E-state index in [1.807, 2.05) is 30.5 Å². The molecule has 0 bridgehead atoms. The monoisotopic (exact) mass is 311 g/mol. The fourth-order valence-electron chi connectivity index (χ4n) is 1.29. The van der Waals surface area contributed by atoms with Gasteiger partial charge in [0.2, 0.25) is 0 Å². The molecular weight excluding hydrogens is 306 g/mol. The maximum atomic E-state index is 4.35. The lowest BCUT2D eigenvalue weighted by Crippen LogP contribution is -1.80. The van der Waals surface area contributed by atoms with Crippen LogP contribution in [0.15, 0.2) is 39.9 Å². The zero-order chi connectivity index (χ0) is 9.97. The van der Waals surface area contributed by atoms with Crippen LogP contribution in [0.1, 0.15) is 5.56 Å². The van der Waals surface area contributed by atoms with Gasteiger partial charge >= 0.3 is 0 Å². The number of para-hydroxylation sites is 1. The van der Waals surface area contributed by atoms with E-state index >= 15 is 0 Å². The van der Waals surface area contributed by atoms with E-state index in [9.17, 15) is 0 Å². The number of hydrogen-bond donors (Lipinski definition) is 0. The minimum atomic E-state index is 0.919. The van der Waals surface area contributed by atoms with Crippen LogP contribution in [0.4, 0.5) is 0 Å². The van der Waals surface area contributed by atoms with E-state index in [0.717, 1.165) is 19.9 Å². The number of nitrogens with zero attached hydrogens (tertiary/aromatic N) is 1. The molecule has 0 unspecified atom stereocenters. The molecule has 0 N–H and O–H groups in total. The van der Waals surface area contributed by atoms with Gasteiger partial charge in [0.15, 0.2) is 0 Å². The molecule has 0 saturated carbocycles. The van der Waals surface area contributed by atoms with Crippen molar-refractivity contribution in [3.8, 4) is 0 Å². The highest BCUT2D eigenvalue weighted by molar-refractivity contribution is 9.28. The number of aromatic nitrogens is 1. The molecule has 1 aromatic heterocycles. The number of hydrogen-bond acceptors (Lipinski definition) is 1. The van der Waals surface area contributed by atoms with Crippen molar-refractivity contribution in [2.45, 2.75) is 0 Å². The molecule has 0 aliphatic heterocycles. The second-order valence-corrected chi connectivity index (χ2v) is 5.67. The van der Waals surface area contributed by atoms with E-state index in [2.05, 4.69) is 49.0 Å². The summed E-state index contributed by atoms with van der Waals surface area (Å²) in [7, 11) is 0. The number of fused-ring (bicyclic) bond motifs is 1. The molecule has 0 amide bonds. The second kappa shape index (κ2) is 4.24. The van der Waals surface area contributed by atoms with Gasteiger partial charge in [0.05, 0.1) is 8.91 Å². The number of rotatable bonds is 1. The van der Waals surface area contributed by atoms with E-state index in [1.165, 1.54) is 0 Å². The summed E-state index contributed by atoms with van der Waals surface area (Å²) in [6.07, 6.45) is 3.82. The zero-order valence-corrected chi connectivity index (χ0v) is 10.4. The lowest BCUT2D eigenvalue weighted by Gasteiger charge is -1.97. The van der Waals surface area contributed by atoms with Crippen molar-refractivity contribution in [1.82, 2.24) is 4.98 Å². The maximum absolute atomic E-state index is 4.35. The Balaban J connectivity index is 2.57. The van der Waals surface area contributed by atoms with Crippen molar-refractivity contribution in [3.05, 3.63) is 45.5 Å². The molecule has 0 saturated heterocycles. The third-order valence-electron chi connectivity index (χ3n) is 1.89. The first kappa shape index (κ1) is 9.87. The van der Waals surface area contributed by atoms with E-state index in [-0.39, 0.29) is 0 Å². The van der Waals surface area contributed by atoms with Crippen molar-refractivity contribution in [3.63, 3.8) is 0 Å². The van der Waals surface area contributed by atoms with Crippen LogP contribution < -0.4 is 0 Å². The second-order valence-electron chi connectivity index (χ2n) is 2.90. The fourth-order valence-corrected chi connectivity index (χ4v) is 1.82. The van der Waals surface area contributed by atoms with Crippen LogP contribution in [-0.2, 0) is 0 Å². The molecule has 0 aliphatic carbocycles. The molecule has 0 radical (unpaired) electrons. The Kier molecular flexibility index (Phi) is 2.99. The van der Waals surface area contributed by atoms with Gasteiger partial charge in [0.25, 0.3) is 0 Å². The third-order valence-corrected chi connectivity index (χ3v) is 2.35. The fraction of sp³-hybridized carbons (Fsp3) is 0. The maximum Gasteiger partial charge on any atom is 0.0702 e. The lowest BCUT2D eigenvalue weighted by atomic mass is 10.2. The predicted molar refractivity (Wildman–Crippen MR) is 67.6 cm³/mol. The SMILES string of the molecule is BrC(Br)=Cc1cnc2ccccc2c1. The number of halogens is 2. The van der Waals surface area contributed by atoms with Crippen molar-refractivity contribution in [1.29, 1.82) is 0 Å². The molecule has 1 aromatic carbocycles. The minimum absolute atomic E-state index is 0.919. The van der Waals surface area contributed by atoms with Crippen LogP contribution in [0, 0.1) is 0 Å². The van der Waals surface area contributed by atoms with E-state index in [1.54, 1.807) is 0 Å². The first-order valence-corrected chi connectivity index (χ1v) is 5.72. The highest BCUT2D eigenvalue weighted by Crippen LogP contribution is 2.20. The van der Waals surface area contributed by atoms with Crippen LogP contribution in [0.5, 0.6) is 0 Å².